The van der Waals surface area contributed by atoms with Crippen LogP contribution < -0.4 is 4.90 Å². The summed E-state index contributed by atoms with van der Waals surface area (Å²) in [7, 11) is 0. The maximum absolute atomic E-state index is 6.60. The van der Waals surface area contributed by atoms with Crippen molar-refractivity contribution in [1.29, 1.82) is 0 Å². The molecule has 0 fully saturated rings. The summed E-state index contributed by atoms with van der Waals surface area (Å²) in [5.74, 6) is 2.90. The van der Waals surface area contributed by atoms with E-state index in [1.54, 1.807) is 11.3 Å². The number of anilines is 2. The molecule has 10 aromatic rings. The van der Waals surface area contributed by atoms with Gasteiger partial charge in [-0.3, -0.25) is 0 Å². The van der Waals surface area contributed by atoms with E-state index in [-0.39, 0.29) is 12.0 Å². The molecule has 0 spiro atoms. The lowest BCUT2D eigenvalue weighted by molar-refractivity contribution is 0.584. The van der Waals surface area contributed by atoms with Crippen LogP contribution in [0.2, 0.25) is 0 Å². The highest BCUT2D eigenvalue weighted by Crippen LogP contribution is 2.53. The molecule has 3 aromatic heterocycles. The van der Waals surface area contributed by atoms with E-state index < -0.39 is 0 Å². The topological polar surface area (TPSA) is 55.1 Å². The summed E-state index contributed by atoms with van der Waals surface area (Å²) in [5, 5.41) is 3.45. The fourth-order valence-corrected chi connectivity index (χ4v) is 10.1. The van der Waals surface area contributed by atoms with Crippen LogP contribution in [0.4, 0.5) is 11.4 Å². The molecule has 6 heteroatoms. The van der Waals surface area contributed by atoms with Gasteiger partial charge >= 0.3 is 0 Å². The first-order chi connectivity index (χ1) is 28.2. The molecule has 0 bridgehead atoms. The van der Waals surface area contributed by atoms with Gasteiger partial charge in [-0.1, -0.05) is 127 Å². The van der Waals surface area contributed by atoms with Crippen molar-refractivity contribution in [3.8, 4) is 45.3 Å². The first kappa shape index (κ1) is 32.1. The third-order valence-corrected chi connectivity index (χ3v) is 12.6. The van der Waals surface area contributed by atoms with Crippen molar-refractivity contribution < 1.29 is 4.42 Å². The molecule has 1 aliphatic carbocycles. The third-order valence-electron chi connectivity index (χ3n) is 11.5. The van der Waals surface area contributed by atoms with Crippen LogP contribution in [-0.2, 0) is 0 Å². The van der Waals surface area contributed by atoms with E-state index in [1.807, 2.05) is 6.07 Å². The second-order valence-electron chi connectivity index (χ2n) is 14.7. The Kier molecular flexibility index (Phi) is 7.16. The number of benzene rings is 7. The minimum atomic E-state index is 0.0926. The molecule has 0 radical (unpaired) electrons. The smallest absolute Gasteiger partial charge is 0.164 e. The van der Waals surface area contributed by atoms with Crippen LogP contribution in [-0.4, -0.2) is 21.0 Å². The highest BCUT2D eigenvalue weighted by molar-refractivity contribution is 7.25. The van der Waals surface area contributed by atoms with Crippen LogP contribution in [0, 0.1) is 0 Å². The molecule has 7 aromatic carbocycles. The molecular weight excluding hydrogens is 717 g/mol. The average molecular weight is 749 g/mol. The molecule has 1 aliphatic heterocycles. The van der Waals surface area contributed by atoms with Gasteiger partial charge in [0.15, 0.2) is 17.5 Å². The second-order valence-corrected chi connectivity index (χ2v) is 15.8. The fraction of sp³-hybridized carbons (Fsp3) is 0.0392. The van der Waals surface area contributed by atoms with Gasteiger partial charge in [-0.15, -0.1) is 11.3 Å². The van der Waals surface area contributed by atoms with E-state index in [0.717, 1.165) is 39.0 Å². The van der Waals surface area contributed by atoms with E-state index in [0.29, 0.717) is 17.5 Å². The largest absolute Gasteiger partial charge is 0.456 e. The molecule has 268 valence electrons. The number of rotatable bonds is 5. The summed E-state index contributed by atoms with van der Waals surface area (Å²) in [5.41, 5.74) is 10.9. The van der Waals surface area contributed by atoms with E-state index in [2.05, 4.69) is 181 Å². The summed E-state index contributed by atoms with van der Waals surface area (Å²) >= 11 is 1.80. The lowest BCUT2D eigenvalue weighted by Gasteiger charge is -2.30. The Morgan fingerprint density at radius 3 is 2.05 bits per heavy atom. The van der Waals surface area contributed by atoms with Crippen molar-refractivity contribution in [1.82, 2.24) is 15.0 Å². The Morgan fingerprint density at radius 1 is 0.526 bits per heavy atom. The van der Waals surface area contributed by atoms with Gasteiger partial charge in [-0.05, 0) is 71.3 Å². The van der Waals surface area contributed by atoms with Crippen LogP contribution >= 0.6 is 11.3 Å². The van der Waals surface area contributed by atoms with Crippen molar-refractivity contribution in [3.05, 3.63) is 193 Å². The maximum Gasteiger partial charge on any atom is 0.164 e. The standard InChI is InChI=1S/C51H32N4OS/c1-3-12-31(13-4-1)32-22-24-33(25-23-32)49-52-50(54-51(53-49)38-18-11-21-45-46(38)37-17-8-10-20-44(37)57-45)34-26-28-42-39(30-34)48-43(56-42)29-27-41-47(48)36-16-7-9-19-40(36)55(41)35-14-5-2-6-15-35/h1-30,41,47H. The Labute approximate surface area is 332 Å². The molecule has 2 aliphatic rings. The molecule has 2 atom stereocenters. The highest BCUT2D eigenvalue weighted by atomic mass is 32.1. The van der Waals surface area contributed by atoms with Crippen molar-refractivity contribution >= 4 is 59.9 Å². The molecule has 0 saturated heterocycles. The molecule has 0 N–H and O–H groups in total. The molecule has 0 amide bonds. The van der Waals surface area contributed by atoms with Crippen molar-refractivity contribution in [2.24, 2.45) is 0 Å². The average Bonchev–Trinajstić information content (AvgIpc) is 3.96. The normalized spacial score (nSPS) is 15.6. The number of para-hydroxylation sites is 2. The van der Waals surface area contributed by atoms with Gasteiger partial charge in [0.1, 0.15) is 11.3 Å². The van der Waals surface area contributed by atoms with Gasteiger partial charge in [-0.2, -0.15) is 0 Å². The zero-order valence-corrected chi connectivity index (χ0v) is 31.4. The van der Waals surface area contributed by atoms with E-state index in [4.69, 9.17) is 19.4 Å². The van der Waals surface area contributed by atoms with Crippen molar-refractivity contribution in [2.75, 3.05) is 4.90 Å². The van der Waals surface area contributed by atoms with Gasteiger partial charge in [0, 0.05) is 65.1 Å². The Bertz CT molecular complexity index is 3200. The minimum absolute atomic E-state index is 0.0926. The van der Waals surface area contributed by atoms with Crippen LogP contribution in [0.15, 0.2) is 180 Å². The third kappa shape index (κ3) is 5.11. The van der Waals surface area contributed by atoms with E-state index in [9.17, 15) is 0 Å². The number of hydrogen-bond acceptors (Lipinski definition) is 6. The predicted octanol–water partition coefficient (Wildman–Crippen LogP) is 13.3. The molecule has 5 nitrogen and oxygen atoms in total. The Balaban J connectivity index is 1.04. The second kappa shape index (κ2) is 12.7. The number of thiophene rings is 1. The van der Waals surface area contributed by atoms with Gasteiger partial charge < -0.3 is 9.32 Å². The number of furan rings is 1. The summed E-state index contributed by atoms with van der Waals surface area (Å²) in [6, 6.07) is 59.9. The highest BCUT2D eigenvalue weighted by Gasteiger charge is 2.43. The SMILES string of the molecule is C1=CC2C(c3ccccc3N2c2ccccc2)c2c1oc1ccc(-c3nc(-c4ccc(-c5ccccc5)cc4)nc(-c4cccc5sc6ccccc6c45)n3)cc21. The van der Waals surface area contributed by atoms with Crippen molar-refractivity contribution in [2.45, 2.75) is 12.0 Å². The number of aromatic nitrogens is 3. The lowest BCUT2D eigenvalue weighted by atomic mass is 9.82. The van der Waals surface area contributed by atoms with Gasteiger partial charge in [0.2, 0.25) is 0 Å². The molecular formula is C51H32N4OS. The Morgan fingerprint density at radius 2 is 1.19 bits per heavy atom. The Hall–Kier alpha value is -7.15. The first-order valence-electron chi connectivity index (χ1n) is 19.3. The van der Waals surface area contributed by atoms with Crippen LogP contribution in [0.3, 0.4) is 0 Å². The van der Waals surface area contributed by atoms with Gasteiger partial charge in [0.25, 0.3) is 0 Å². The molecule has 0 saturated carbocycles. The molecule has 12 rings (SSSR count). The monoisotopic (exact) mass is 748 g/mol. The zero-order chi connectivity index (χ0) is 37.5. The van der Waals surface area contributed by atoms with Crippen molar-refractivity contribution in [3.63, 3.8) is 0 Å². The zero-order valence-electron chi connectivity index (χ0n) is 30.6. The summed E-state index contributed by atoms with van der Waals surface area (Å²) in [6.07, 6.45) is 4.45. The number of hydrogen-bond donors (Lipinski definition) is 0. The predicted molar refractivity (Wildman–Crippen MR) is 234 cm³/mol. The van der Waals surface area contributed by atoms with E-state index >= 15 is 0 Å². The molecule has 2 unspecified atom stereocenters. The first-order valence-corrected chi connectivity index (χ1v) is 20.1. The lowest BCUT2D eigenvalue weighted by Crippen LogP contribution is -2.30. The summed E-state index contributed by atoms with van der Waals surface area (Å²) < 4.78 is 9.05. The van der Waals surface area contributed by atoms with Crippen LogP contribution in [0.1, 0.15) is 22.8 Å². The summed E-state index contributed by atoms with van der Waals surface area (Å²) in [4.78, 5) is 18.2. The quantitative estimate of drug-likeness (QED) is 0.175. The van der Waals surface area contributed by atoms with Crippen LogP contribution in [0.5, 0.6) is 0 Å². The van der Waals surface area contributed by atoms with Gasteiger partial charge in [0.05, 0.1) is 6.04 Å². The fourth-order valence-electron chi connectivity index (χ4n) is 8.95. The van der Waals surface area contributed by atoms with Gasteiger partial charge in [-0.25, -0.2) is 15.0 Å². The van der Waals surface area contributed by atoms with Crippen LogP contribution in [0.25, 0.3) is 82.5 Å². The summed E-state index contributed by atoms with van der Waals surface area (Å²) in [6.45, 7) is 0. The molecule has 57 heavy (non-hydrogen) atoms. The number of fused-ring (bicyclic) bond motifs is 10. The van der Waals surface area contributed by atoms with E-state index in [1.165, 1.54) is 48.2 Å². The maximum atomic E-state index is 6.60. The minimum Gasteiger partial charge on any atom is -0.456 e. The number of nitrogens with zero attached hydrogens (tertiary/aromatic N) is 4. The molecule has 4 heterocycles.